The normalized spacial score (nSPS) is 37.6. The van der Waals surface area contributed by atoms with Crippen molar-refractivity contribution < 1.29 is 18.3 Å². The Bertz CT molecular complexity index is 288. The molecule has 0 saturated heterocycles. The van der Waals surface area contributed by atoms with Gasteiger partial charge in [0, 0.05) is 5.92 Å². The van der Waals surface area contributed by atoms with Gasteiger partial charge in [0.1, 0.15) is 0 Å². The molecule has 0 aliphatic heterocycles. The summed E-state index contributed by atoms with van der Waals surface area (Å²) in [5, 5.41) is 0. The highest BCUT2D eigenvalue weighted by atomic mass is 19.3. The molecule has 84 valence electrons. The number of carbonyl (C=O) groups is 1. The molecule has 4 heteroatoms. The van der Waals surface area contributed by atoms with E-state index in [1.165, 1.54) is 0 Å². The fourth-order valence-corrected chi connectivity index (χ4v) is 2.77. The number of hydrogen-bond acceptors (Lipinski definition) is 2. The molecule has 0 aromatic carbocycles. The second-order valence-electron chi connectivity index (χ2n) is 4.14. The zero-order valence-electron chi connectivity index (χ0n) is 8.53. The highest BCUT2D eigenvalue weighted by molar-refractivity contribution is 5.74. The van der Waals surface area contributed by atoms with Crippen molar-refractivity contribution in [1.82, 2.24) is 0 Å². The molecule has 0 unspecified atom stereocenters. The van der Waals surface area contributed by atoms with Gasteiger partial charge in [-0.15, -0.1) is 0 Å². The van der Waals surface area contributed by atoms with Crippen LogP contribution in [0.2, 0.25) is 0 Å². The van der Waals surface area contributed by atoms with E-state index in [-0.39, 0.29) is 18.4 Å². The predicted octanol–water partition coefficient (Wildman–Crippen LogP) is 2.25. The summed E-state index contributed by atoms with van der Waals surface area (Å²) in [5.41, 5.74) is 0. The van der Waals surface area contributed by atoms with Crippen molar-refractivity contribution >= 4 is 5.97 Å². The molecule has 2 aliphatic rings. The molecule has 2 aliphatic carbocycles. The van der Waals surface area contributed by atoms with E-state index in [2.05, 4.69) is 0 Å². The number of hydrogen-bond donors (Lipinski definition) is 0. The van der Waals surface area contributed by atoms with E-state index in [1.54, 1.807) is 6.92 Å². The Kier molecular flexibility index (Phi) is 2.76. The monoisotopic (exact) mass is 216 g/mol. The van der Waals surface area contributed by atoms with Crippen LogP contribution in [0, 0.1) is 23.7 Å². The number of alkyl halides is 2. The lowest BCUT2D eigenvalue weighted by atomic mass is 9.83. The number of allylic oxidation sites excluding steroid dienone is 2. The lowest BCUT2D eigenvalue weighted by Crippen LogP contribution is -2.33. The Labute approximate surface area is 87.3 Å². The SMILES string of the molecule is CCOC(=O)[C@@H]1[C@@H](C(F)F)[C@H]2C=C[C@@H]1C2. The van der Waals surface area contributed by atoms with Crippen LogP contribution >= 0.6 is 0 Å². The van der Waals surface area contributed by atoms with Crippen molar-refractivity contribution in [2.45, 2.75) is 19.8 Å². The molecule has 15 heavy (non-hydrogen) atoms. The maximum Gasteiger partial charge on any atom is 0.310 e. The summed E-state index contributed by atoms with van der Waals surface area (Å²) in [7, 11) is 0. The number of halogens is 2. The smallest absolute Gasteiger partial charge is 0.310 e. The first-order valence-corrected chi connectivity index (χ1v) is 5.28. The Morgan fingerprint density at radius 2 is 2.13 bits per heavy atom. The van der Waals surface area contributed by atoms with Crippen molar-refractivity contribution in [2.75, 3.05) is 6.61 Å². The van der Waals surface area contributed by atoms with E-state index in [0.717, 1.165) is 0 Å². The average molecular weight is 216 g/mol. The fraction of sp³-hybridized carbons (Fsp3) is 0.727. The number of rotatable bonds is 3. The Morgan fingerprint density at radius 3 is 2.73 bits per heavy atom. The second-order valence-corrected chi connectivity index (χ2v) is 4.14. The highest BCUT2D eigenvalue weighted by Crippen LogP contribution is 2.50. The van der Waals surface area contributed by atoms with E-state index in [4.69, 9.17) is 4.74 Å². The molecular formula is C11H14F2O2. The molecule has 2 nitrogen and oxygen atoms in total. The second kappa shape index (κ2) is 3.91. The van der Waals surface area contributed by atoms with Gasteiger partial charge >= 0.3 is 5.97 Å². The van der Waals surface area contributed by atoms with Crippen LogP contribution in [0.15, 0.2) is 12.2 Å². The topological polar surface area (TPSA) is 26.3 Å². The lowest BCUT2D eigenvalue weighted by molar-refractivity contribution is -0.153. The van der Waals surface area contributed by atoms with E-state index in [1.807, 2.05) is 12.2 Å². The first kappa shape index (κ1) is 10.6. The largest absolute Gasteiger partial charge is 0.466 e. The van der Waals surface area contributed by atoms with Gasteiger partial charge in [-0.2, -0.15) is 0 Å². The summed E-state index contributed by atoms with van der Waals surface area (Å²) < 4.78 is 30.5. The quantitative estimate of drug-likeness (QED) is 0.534. The molecule has 0 heterocycles. The zero-order valence-corrected chi connectivity index (χ0v) is 8.53. The Morgan fingerprint density at radius 1 is 1.47 bits per heavy atom. The van der Waals surface area contributed by atoms with Crippen LogP contribution < -0.4 is 0 Å². The minimum atomic E-state index is -2.43. The standard InChI is InChI=1S/C11H14F2O2/c1-2-15-11(14)9-7-4-3-6(5-7)8(9)10(12)13/h3-4,6-10H,2,5H2,1H3/t6-,7+,8-,9-/m0/s1. The third-order valence-corrected chi connectivity index (χ3v) is 3.37. The van der Waals surface area contributed by atoms with Crippen LogP contribution in [0.1, 0.15) is 13.3 Å². The maximum absolute atomic E-state index is 12.8. The van der Waals surface area contributed by atoms with Crippen LogP contribution in [0.25, 0.3) is 0 Å². The van der Waals surface area contributed by atoms with Crippen molar-refractivity contribution in [3.8, 4) is 0 Å². The van der Waals surface area contributed by atoms with Gasteiger partial charge < -0.3 is 4.74 Å². The third-order valence-electron chi connectivity index (χ3n) is 3.37. The Balaban J connectivity index is 2.15. The molecule has 0 aromatic heterocycles. The van der Waals surface area contributed by atoms with Crippen molar-refractivity contribution in [3.63, 3.8) is 0 Å². The first-order valence-electron chi connectivity index (χ1n) is 5.28. The van der Waals surface area contributed by atoms with Crippen LogP contribution in [0.3, 0.4) is 0 Å². The summed E-state index contributed by atoms with van der Waals surface area (Å²) in [4.78, 5) is 11.6. The first-order chi connectivity index (χ1) is 7.15. The molecular weight excluding hydrogens is 202 g/mol. The highest BCUT2D eigenvalue weighted by Gasteiger charge is 2.52. The molecule has 1 saturated carbocycles. The molecule has 4 atom stereocenters. The van der Waals surface area contributed by atoms with Crippen LogP contribution in [-0.4, -0.2) is 19.0 Å². The summed E-state index contributed by atoms with van der Waals surface area (Å²) in [6, 6.07) is 0. The van der Waals surface area contributed by atoms with E-state index < -0.39 is 24.2 Å². The molecule has 0 radical (unpaired) electrons. The van der Waals surface area contributed by atoms with Crippen LogP contribution in [-0.2, 0) is 9.53 Å². The molecule has 0 N–H and O–H groups in total. The molecule has 0 aromatic rings. The average Bonchev–Trinajstić information content (AvgIpc) is 2.76. The van der Waals surface area contributed by atoms with Gasteiger partial charge in [-0.1, -0.05) is 12.2 Å². The molecule has 0 amide bonds. The van der Waals surface area contributed by atoms with Crippen molar-refractivity contribution in [2.24, 2.45) is 23.7 Å². The number of esters is 1. The van der Waals surface area contributed by atoms with Crippen LogP contribution in [0.5, 0.6) is 0 Å². The summed E-state index contributed by atoms with van der Waals surface area (Å²) >= 11 is 0. The van der Waals surface area contributed by atoms with Crippen molar-refractivity contribution in [3.05, 3.63) is 12.2 Å². The van der Waals surface area contributed by atoms with Crippen LogP contribution in [0.4, 0.5) is 8.78 Å². The van der Waals surface area contributed by atoms with Gasteiger partial charge in [-0.05, 0) is 25.2 Å². The van der Waals surface area contributed by atoms with E-state index in [0.29, 0.717) is 6.42 Å². The third kappa shape index (κ3) is 1.66. The molecule has 1 fully saturated rings. The molecule has 0 spiro atoms. The molecule has 2 bridgehead atoms. The minimum absolute atomic E-state index is 0.0342. The summed E-state index contributed by atoms with van der Waals surface area (Å²) in [6.07, 6.45) is 1.94. The van der Waals surface area contributed by atoms with Gasteiger partial charge in [0.25, 0.3) is 0 Å². The zero-order chi connectivity index (χ0) is 11.0. The van der Waals surface area contributed by atoms with Gasteiger partial charge in [-0.3, -0.25) is 4.79 Å². The van der Waals surface area contributed by atoms with Gasteiger partial charge in [0.05, 0.1) is 12.5 Å². The van der Waals surface area contributed by atoms with Gasteiger partial charge in [0.15, 0.2) is 0 Å². The number of ether oxygens (including phenoxy) is 1. The maximum atomic E-state index is 12.8. The fourth-order valence-electron chi connectivity index (χ4n) is 2.77. The molecule has 2 rings (SSSR count). The summed E-state index contributed by atoms with van der Waals surface area (Å²) in [6.45, 7) is 1.95. The lowest BCUT2D eigenvalue weighted by Gasteiger charge is -2.25. The van der Waals surface area contributed by atoms with Gasteiger partial charge in [0.2, 0.25) is 6.43 Å². The van der Waals surface area contributed by atoms with Gasteiger partial charge in [-0.25, -0.2) is 8.78 Å². The van der Waals surface area contributed by atoms with E-state index in [9.17, 15) is 13.6 Å². The Hall–Kier alpha value is -0.930. The van der Waals surface area contributed by atoms with E-state index >= 15 is 0 Å². The predicted molar refractivity (Wildman–Crippen MR) is 50.4 cm³/mol. The number of carbonyl (C=O) groups excluding carboxylic acids is 1. The van der Waals surface area contributed by atoms with Crippen molar-refractivity contribution in [1.29, 1.82) is 0 Å². The minimum Gasteiger partial charge on any atom is -0.466 e. The number of fused-ring (bicyclic) bond motifs is 2. The summed E-state index contributed by atoms with van der Waals surface area (Å²) in [5.74, 6) is -2.09.